The SMILES string of the molecule is COc1c([N+](=O)[O-])cc(C(C)(C)C)cc1S(N)(=O)=O. The van der Waals surface area contributed by atoms with E-state index in [0.717, 1.165) is 7.11 Å². The fraction of sp³-hybridized carbons (Fsp3) is 0.455. The van der Waals surface area contributed by atoms with E-state index in [0.29, 0.717) is 5.56 Å². The topological polar surface area (TPSA) is 113 Å². The van der Waals surface area contributed by atoms with Crippen molar-refractivity contribution in [3.05, 3.63) is 27.8 Å². The molecule has 0 amide bonds. The van der Waals surface area contributed by atoms with E-state index in [4.69, 9.17) is 9.88 Å². The zero-order valence-corrected chi connectivity index (χ0v) is 11.9. The highest BCUT2D eigenvalue weighted by Crippen LogP contribution is 2.38. The Morgan fingerprint density at radius 3 is 2.16 bits per heavy atom. The van der Waals surface area contributed by atoms with Crippen LogP contribution in [0.15, 0.2) is 17.0 Å². The summed E-state index contributed by atoms with van der Waals surface area (Å²) < 4.78 is 27.9. The van der Waals surface area contributed by atoms with Crippen LogP contribution in [0.1, 0.15) is 26.3 Å². The molecule has 8 heteroatoms. The molecule has 0 fully saturated rings. The molecule has 0 bridgehead atoms. The maximum Gasteiger partial charge on any atom is 0.312 e. The number of primary sulfonamides is 1. The van der Waals surface area contributed by atoms with E-state index in [-0.39, 0.29) is 10.6 Å². The number of rotatable bonds is 3. The third-order valence-electron chi connectivity index (χ3n) is 2.61. The average molecular weight is 288 g/mol. The Morgan fingerprint density at radius 1 is 1.32 bits per heavy atom. The molecule has 0 heterocycles. The van der Waals surface area contributed by atoms with Gasteiger partial charge in [-0.05, 0) is 17.0 Å². The van der Waals surface area contributed by atoms with Gasteiger partial charge in [0.05, 0.1) is 12.0 Å². The Bertz CT molecular complexity index is 617. The first-order chi connectivity index (χ1) is 8.48. The minimum absolute atomic E-state index is 0.347. The molecule has 2 N–H and O–H groups in total. The van der Waals surface area contributed by atoms with Crippen LogP contribution in [0.4, 0.5) is 5.69 Å². The Balaban J connectivity index is 3.80. The highest BCUT2D eigenvalue weighted by atomic mass is 32.2. The van der Waals surface area contributed by atoms with Crippen molar-refractivity contribution in [3.63, 3.8) is 0 Å². The molecule has 7 nitrogen and oxygen atoms in total. The monoisotopic (exact) mass is 288 g/mol. The second kappa shape index (κ2) is 4.78. The molecule has 0 aliphatic carbocycles. The van der Waals surface area contributed by atoms with Crippen LogP contribution >= 0.6 is 0 Å². The van der Waals surface area contributed by atoms with Gasteiger partial charge in [0.25, 0.3) is 0 Å². The predicted octanol–water partition coefficient (Wildman–Crippen LogP) is 1.55. The predicted molar refractivity (Wildman–Crippen MR) is 69.7 cm³/mol. The first-order valence-corrected chi connectivity index (χ1v) is 6.93. The summed E-state index contributed by atoms with van der Waals surface area (Å²) in [5.74, 6) is -0.347. The van der Waals surface area contributed by atoms with Crippen LogP contribution in [0, 0.1) is 10.1 Å². The second-order valence-electron chi connectivity index (χ2n) is 5.08. The number of hydrogen-bond acceptors (Lipinski definition) is 5. The van der Waals surface area contributed by atoms with E-state index < -0.39 is 26.0 Å². The van der Waals surface area contributed by atoms with Gasteiger partial charge in [0, 0.05) is 6.07 Å². The first-order valence-electron chi connectivity index (χ1n) is 5.38. The number of methoxy groups -OCH3 is 1. The fourth-order valence-corrected chi connectivity index (χ4v) is 2.31. The normalized spacial score (nSPS) is 12.3. The van der Waals surface area contributed by atoms with Crippen LogP contribution in [0.3, 0.4) is 0 Å². The van der Waals surface area contributed by atoms with Crippen molar-refractivity contribution in [2.24, 2.45) is 5.14 Å². The first kappa shape index (κ1) is 15.4. The zero-order valence-electron chi connectivity index (χ0n) is 11.1. The molecule has 0 aliphatic rings. The van der Waals surface area contributed by atoms with Crippen molar-refractivity contribution in [2.75, 3.05) is 7.11 Å². The van der Waals surface area contributed by atoms with Crippen molar-refractivity contribution in [3.8, 4) is 5.75 Å². The van der Waals surface area contributed by atoms with Crippen molar-refractivity contribution in [1.82, 2.24) is 0 Å². The molecule has 0 aromatic heterocycles. The van der Waals surface area contributed by atoms with E-state index in [2.05, 4.69) is 0 Å². The van der Waals surface area contributed by atoms with Crippen molar-refractivity contribution in [1.29, 1.82) is 0 Å². The molecule has 0 spiro atoms. The molecule has 19 heavy (non-hydrogen) atoms. The van der Waals surface area contributed by atoms with Crippen molar-refractivity contribution >= 4 is 15.7 Å². The number of nitro groups is 1. The Hall–Kier alpha value is -1.67. The van der Waals surface area contributed by atoms with Crippen molar-refractivity contribution < 1.29 is 18.1 Å². The molecule has 0 radical (unpaired) electrons. The summed E-state index contributed by atoms with van der Waals surface area (Å²) in [4.78, 5) is 9.96. The van der Waals surface area contributed by atoms with Crippen LogP contribution in [-0.2, 0) is 15.4 Å². The smallest absolute Gasteiger partial charge is 0.312 e. The van der Waals surface area contributed by atoms with E-state index in [1.165, 1.54) is 12.1 Å². The van der Waals surface area contributed by atoms with E-state index in [1.807, 2.05) is 20.8 Å². The molecule has 1 aromatic rings. The van der Waals surface area contributed by atoms with Gasteiger partial charge in [-0.3, -0.25) is 10.1 Å². The van der Waals surface area contributed by atoms with Crippen LogP contribution in [0.25, 0.3) is 0 Å². The van der Waals surface area contributed by atoms with Gasteiger partial charge < -0.3 is 4.74 Å². The number of sulfonamides is 1. The van der Waals surface area contributed by atoms with E-state index >= 15 is 0 Å². The van der Waals surface area contributed by atoms with Gasteiger partial charge in [-0.25, -0.2) is 13.6 Å². The molecule has 1 rings (SSSR count). The third kappa shape index (κ3) is 3.21. The summed E-state index contributed by atoms with van der Waals surface area (Å²) in [6.07, 6.45) is 0. The summed E-state index contributed by atoms with van der Waals surface area (Å²) >= 11 is 0. The highest BCUT2D eigenvalue weighted by molar-refractivity contribution is 7.89. The lowest BCUT2D eigenvalue weighted by Gasteiger charge is -2.20. The molecule has 0 saturated heterocycles. The maximum absolute atomic E-state index is 11.5. The van der Waals surface area contributed by atoms with E-state index in [9.17, 15) is 18.5 Å². The van der Waals surface area contributed by atoms with Crippen molar-refractivity contribution in [2.45, 2.75) is 31.1 Å². The quantitative estimate of drug-likeness (QED) is 0.669. The Kier molecular flexibility index (Phi) is 3.87. The van der Waals surface area contributed by atoms with Gasteiger partial charge in [-0.2, -0.15) is 0 Å². The fourth-order valence-electron chi connectivity index (χ4n) is 1.57. The van der Waals surface area contributed by atoms with Gasteiger partial charge in [0.1, 0.15) is 4.90 Å². The molecule has 0 unspecified atom stereocenters. The number of hydrogen-bond donors (Lipinski definition) is 1. The van der Waals surface area contributed by atoms with Crippen LogP contribution in [-0.4, -0.2) is 20.5 Å². The van der Waals surface area contributed by atoms with Gasteiger partial charge in [-0.15, -0.1) is 0 Å². The summed E-state index contributed by atoms with van der Waals surface area (Å²) in [6, 6.07) is 2.61. The molecular formula is C11H16N2O5S. The molecule has 1 aromatic carbocycles. The third-order valence-corrected chi connectivity index (χ3v) is 3.52. The molecule has 0 atom stereocenters. The number of nitro benzene ring substituents is 1. The number of nitrogens with zero attached hydrogens (tertiary/aromatic N) is 1. The van der Waals surface area contributed by atoms with E-state index in [1.54, 1.807) is 0 Å². The lowest BCUT2D eigenvalue weighted by atomic mass is 9.87. The number of benzene rings is 1. The summed E-state index contributed by atoms with van der Waals surface area (Å²) in [7, 11) is -2.95. The van der Waals surface area contributed by atoms with Gasteiger partial charge in [-0.1, -0.05) is 20.8 Å². The lowest BCUT2D eigenvalue weighted by molar-refractivity contribution is -0.386. The number of nitrogens with two attached hydrogens (primary N) is 1. The largest absolute Gasteiger partial charge is 0.489 e. The standard InChI is InChI=1S/C11H16N2O5S/c1-11(2,3)7-5-8(13(14)15)10(18-4)9(6-7)19(12,16)17/h5-6H,1-4H3,(H2,12,16,17). The van der Waals surface area contributed by atoms with Gasteiger partial charge >= 0.3 is 5.69 Å². The number of ether oxygens (including phenoxy) is 1. The van der Waals surface area contributed by atoms with Crippen LogP contribution < -0.4 is 9.88 Å². The Labute approximate surface area is 111 Å². The molecule has 0 saturated carbocycles. The van der Waals surface area contributed by atoms with Crippen LogP contribution in [0.2, 0.25) is 0 Å². The summed E-state index contributed by atoms with van der Waals surface area (Å²) in [5, 5.41) is 16.1. The average Bonchev–Trinajstić information content (AvgIpc) is 2.24. The summed E-state index contributed by atoms with van der Waals surface area (Å²) in [6.45, 7) is 5.43. The highest BCUT2D eigenvalue weighted by Gasteiger charge is 2.29. The minimum Gasteiger partial charge on any atom is -0.489 e. The zero-order chi connectivity index (χ0) is 15.0. The van der Waals surface area contributed by atoms with Gasteiger partial charge in [0.15, 0.2) is 0 Å². The lowest BCUT2D eigenvalue weighted by Crippen LogP contribution is -2.18. The molecule has 106 valence electrons. The summed E-state index contributed by atoms with van der Waals surface area (Å²) in [5.41, 5.74) is -0.390. The minimum atomic E-state index is -4.11. The Morgan fingerprint density at radius 2 is 1.84 bits per heavy atom. The maximum atomic E-state index is 11.5. The van der Waals surface area contributed by atoms with Crippen LogP contribution in [0.5, 0.6) is 5.75 Å². The second-order valence-corrected chi connectivity index (χ2v) is 6.61. The molecular weight excluding hydrogens is 272 g/mol. The molecule has 0 aliphatic heterocycles. The van der Waals surface area contributed by atoms with Gasteiger partial charge in [0.2, 0.25) is 15.8 Å².